The molecule has 0 saturated carbocycles. The number of hydrogen-bond acceptors (Lipinski definition) is 3. The van der Waals surface area contributed by atoms with Crippen LogP contribution in [0.15, 0.2) is 24.3 Å². The van der Waals surface area contributed by atoms with Gasteiger partial charge < -0.3 is 14.2 Å². The van der Waals surface area contributed by atoms with Crippen LogP contribution in [0.4, 0.5) is 10.1 Å². The Morgan fingerprint density at radius 3 is 2.20 bits per heavy atom. The summed E-state index contributed by atoms with van der Waals surface area (Å²) < 4.78 is 25.6. The Bertz CT molecular complexity index is 463. The number of benzene rings is 1. The first kappa shape index (κ1) is 15.3. The van der Waals surface area contributed by atoms with Gasteiger partial charge in [0, 0.05) is 13.6 Å². The first-order valence-corrected chi connectivity index (χ1v) is 7.04. The van der Waals surface area contributed by atoms with Gasteiger partial charge in [0.05, 0.1) is 16.9 Å². The van der Waals surface area contributed by atoms with Crippen LogP contribution in [-0.4, -0.2) is 31.9 Å². The van der Waals surface area contributed by atoms with E-state index in [1.54, 1.807) is 12.1 Å². The zero-order valence-corrected chi connectivity index (χ0v) is 12.9. The molecule has 0 amide bonds. The third-order valence-electron chi connectivity index (χ3n) is 4.27. The fourth-order valence-corrected chi connectivity index (χ4v) is 2.26. The van der Waals surface area contributed by atoms with Crippen molar-refractivity contribution < 1.29 is 13.7 Å². The number of halogens is 1. The molecule has 0 radical (unpaired) electrons. The smallest absolute Gasteiger partial charge is 0.403 e. The molecule has 0 N–H and O–H groups in total. The van der Waals surface area contributed by atoms with Gasteiger partial charge in [-0.2, -0.15) is 0 Å². The lowest BCUT2D eigenvalue weighted by molar-refractivity contribution is 0.00578. The highest BCUT2D eigenvalue weighted by Crippen LogP contribution is 2.37. The normalized spacial score (nSPS) is 20.2. The Kier molecular flexibility index (Phi) is 4.12. The van der Waals surface area contributed by atoms with E-state index in [0.717, 1.165) is 0 Å². The van der Waals surface area contributed by atoms with Crippen LogP contribution in [0, 0.1) is 5.82 Å². The van der Waals surface area contributed by atoms with Crippen LogP contribution in [0.3, 0.4) is 0 Å². The van der Waals surface area contributed by atoms with Gasteiger partial charge in [-0.05, 0) is 46.1 Å². The van der Waals surface area contributed by atoms with Crippen molar-refractivity contribution in [2.75, 3.05) is 18.5 Å². The summed E-state index contributed by atoms with van der Waals surface area (Å²) in [6.45, 7) is 8.82. The molecular formula is C15H23BFNO2. The van der Waals surface area contributed by atoms with E-state index in [1.807, 2.05) is 45.7 Å². The molecule has 0 unspecified atom stereocenters. The molecule has 0 aliphatic carbocycles. The summed E-state index contributed by atoms with van der Waals surface area (Å²) in [6, 6.07) is 6.78. The minimum absolute atomic E-state index is 0.205. The molecule has 1 saturated heterocycles. The molecule has 1 fully saturated rings. The van der Waals surface area contributed by atoms with E-state index in [0.29, 0.717) is 18.6 Å². The molecular weight excluding hydrogens is 256 g/mol. The Morgan fingerprint density at radius 1 is 1.10 bits per heavy atom. The van der Waals surface area contributed by atoms with E-state index in [-0.39, 0.29) is 24.1 Å². The molecule has 0 aromatic heterocycles. The monoisotopic (exact) mass is 279 g/mol. The topological polar surface area (TPSA) is 21.7 Å². The van der Waals surface area contributed by atoms with Crippen LogP contribution in [0.25, 0.3) is 0 Å². The molecule has 110 valence electrons. The highest BCUT2D eigenvalue weighted by Gasteiger charge is 2.50. The fourth-order valence-electron chi connectivity index (χ4n) is 2.26. The average Bonchev–Trinajstić information content (AvgIpc) is 2.55. The summed E-state index contributed by atoms with van der Waals surface area (Å²) in [7, 11) is 1.64. The summed E-state index contributed by atoms with van der Waals surface area (Å²) >= 11 is 0. The van der Waals surface area contributed by atoms with Crippen molar-refractivity contribution in [3.8, 4) is 0 Å². The standard InChI is InChI=1S/C15H23BFNO2/c1-14(2)15(3,4)20-16(19-14)10-11-18(5)13-9-7-6-8-12(13)17/h6-9H,10-11H2,1-5H3. The molecule has 1 heterocycles. The summed E-state index contributed by atoms with van der Waals surface area (Å²) in [5.41, 5.74) is -0.0216. The van der Waals surface area contributed by atoms with Gasteiger partial charge in [0.2, 0.25) is 0 Å². The Balaban J connectivity index is 1.93. The molecule has 3 nitrogen and oxygen atoms in total. The Hall–Kier alpha value is -1.07. The van der Waals surface area contributed by atoms with Crippen molar-refractivity contribution in [2.24, 2.45) is 0 Å². The maximum absolute atomic E-state index is 13.7. The van der Waals surface area contributed by atoms with Crippen LogP contribution in [0.2, 0.25) is 6.32 Å². The first-order chi connectivity index (χ1) is 9.23. The van der Waals surface area contributed by atoms with Crippen LogP contribution in [0.1, 0.15) is 27.7 Å². The predicted molar refractivity (Wildman–Crippen MR) is 80.6 cm³/mol. The molecule has 1 aromatic rings. The van der Waals surface area contributed by atoms with Crippen molar-refractivity contribution in [3.05, 3.63) is 30.1 Å². The predicted octanol–water partition coefficient (Wildman–Crippen LogP) is 3.35. The van der Waals surface area contributed by atoms with Crippen molar-refractivity contribution in [3.63, 3.8) is 0 Å². The van der Waals surface area contributed by atoms with Crippen LogP contribution in [-0.2, 0) is 9.31 Å². The van der Waals surface area contributed by atoms with Gasteiger partial charge in [0.25, 0.3) is 0 Å². The highest BCUT2D eigenvalue weighted by atomic mass is 19.1. The summed E-state index contributed by atoms with van der Waals surface area (Å²) in [5.74, 6) is -0.205. The van der Waals surface area contributed by atoms with Gasteiger partial charge in [-0.3, -0.25) is 0 Å². The zero-order chi connectivity index (χ0) is 15.0. The minimum Gasteiger partial charge on any atom is -0.403 e. The van der Waals surface area contributed by atoms with E-state index >= 15 is 0 Å². The van der Waals surface area contributed by atoms with Gasteiger partial charge in [-0.25, -0.2) is 4.39 Å². The third kappa shape index (κ3) is 2.99. The van der Waals surface area contributed by atoms with Crippen LogP contribution in [0.5, 0.6) is 0 Å². The second-order valence-electron chi connectivity index (χ2n) is 6.35. The highest BCUT2D eigenvalue weighted by molar-refractivity contribution is 6.45. The number of nitrogens with zero attached hydrogens (tertiary/aromatic N) is 1. The van der Waals surface area contributed by atoms with E-state index in [9.17, 15) is 4.39 Å². The first-order valence-electron chi connectivity index (χ1n) is 7.04. The third-order valence-corrected chi connectivity index (χ3v) is 4.27. The summed E-state index contributed by atoms with van der Waals surface area (Å²) in [4.78, 5) is 1.89. The van der Waals surface area contributed by atoms with Crippen molar-refractivity contribution in [1.82, 2.24) is 0 Å². The van der Waals surface area contributed by atoms with Crippen molar-refractivity contribution >= 4 is 12.8 Å². The zero-order valence-electron chi connectivity index (χ0n) is 12.9. The maximum atomic E-state index is 13.7. The number of anilines is 1. The largest absolute Gasteiger partial charge is 0.459 e. The lowest BCUT2D eigenvalue weighted by Gasteiger charge is -2.32. The molecule has 20 heavy (non-hydrogen) atoms. The van der Waals surface area contributed by atoms with Crippen LogP contribution < -0.4 is 4.90 Å². The second-order valence-corrected chi connectivity index (χ2v) is 6.35. The fraction of sp³-hybridized carbons (Fsp3) is 0.600. The quantitative estimate of drug-likeness (QED) is 0.789. The number of rotatable bonds is 4. The van der Waals surface area contributed by atoms with E-state index < -0.39 is 0 Å². The van der Waals surface area contributed by atoms with Crippen molar-refractivity contribution in [1.29, 1.82) is 0 Å². The number of para-hydroxylation sites is 1. The average molecular weight is 279 g/mol. The molecule has 2 rings (SSSR count). The Labute approximate surface area is 121 Å². The second kappa shape index (κ2) is 5.37. The number of hydrogen-bond donors (Lipinski definition) is 0. The van der Waals surface area contributed by atoms with Gasteiger partial charge in [0.1, 0.15) is 5.82 Å². The van der Waals surface area contributed by atoms with Gasteiger partial charge in [-0.1, -0.05) is 12.1 Å². The molecule has 1 aromatic carbocycles. The van der Waals surface area contributed by atoms with Gasteiger partial charge in [0.15, 0.2) is 0 Å². The SMILES string of the molecule is CN(CCB1OC(C)(C)C(C)(C)O1)c1ccccc1F. The van der Waals surface area contributed by atoms with Gasteiger partial charge in [-0.15, -0.1) is 0 Å². The minimum atomic E-state index is -0.311. The lowest BCUT2D eigenvalue weighted by Crippen LogP contribution is -2.41. The Morgan fingerprint density at radius 2 is 1.65 bits per heavy atom. The summed E-state index contributed by atoms with van der Waals surface area (Å²) in [6.07, 6.45) is 0.706. The molecule has 0 atom stereocenters. The van der Waals surface area contributed by atoms with E-state index in [4.69, 9.17) is 9.31 Å². The maximum Gasteiger partial charge on any atom is 0.459 e. The van der Waals surface area contributed by atoms with E-state index in [1.165, 1.54) is 6.07 Å². The molecule has 1 aliphatic heterocycles. The van der Waals surface area contributed by atoms with Crippen molar-refractivity contribution in [2.45, 2.75) is 45.2 Å². The van der Waals surface area contributed by atoms with Crippen LogP contribution >= 0.6 is 0 Å². The molecule has 0 bridgehead atoms. The molecule has 1 aliphatic rings. The molecule has 0 spiro atoms. The lowest BCUT2D eigenvalue weighted by atomic mass is 9.85. The molecule has 5 heteroatoms. The van der Waals surface area contributed by atoms with E-state index in [2.05, 4.69) is 0 Å². The van der Waals surface area contributed by atoms with Gasteiger partial charge >= 0.3 is 7.12 Å². The summed E-state index contributed by atoms with van der Waals surface area (Å²) in [5, 5.41) is 0.